The number of H-pyrrole nitrogens is 1. The van der Waals surface area contributed by atoms with Gasteiger partial charge in [0.1, 0.15) is 0 Å². The summed E-state index contributed by atoms with van der Waals surface area (Å²) in [5.74, 6) is 0. The zero-order valence-electron chi connectivity index (χ0n) is 5.05. The fourth-order valence-corrected chi connectivity index (χ4v) is 0.843. The Morgan fingerprint density at radius 1 is 1.60 bits per heavy atom. The Labute approximate surface area is 56.2 Å². The minimum Gasteiger partial charge on any atom is -0.378 e. The topological polar surface area (TPSA) is 46.0 Å². The highest BCUT2D eigenvalue weighted by Crippen LogP contribution is 2.05. The molecule has 3 heteroatoms. The van der Waals surface area contributed by atoms with E-state index in [0.717, 1.165) is 0 Å². The molecule has 0 saturated carbocycles. The molecule has 0 unspecified atom stereocenters. The van der Waals surface area contributed by atoms with Gasteiger partial charge in [-0.05, 0) is 18.2 Å². The molecule has 3 nitrogen and oxygen atoms in total. The zero-order chi connectivity index (χ0) is 6.97. The normalized spacial score (nSPS) is 10.4. The number of nitrogens with one attached hydrogen (secondary N) is 1. The standard InChI is InChI=1S/C7H4NO2/c9-7-5-3-1-2-4-6(5)10-8-7/h1,3-4H,(H,8,9). The lowest BCUT2D eigenvalue weighted by Crippen LogP contribution is -1.95. The molecule has 0 atom stereocenters. The number of fused-ring (bicyclic) bond motifs is 1. The largest absolute Gasteiger partial charge is 0.378 e. The zero-order valence-corrected chi connectivity index (χ0v) is 5.05. The molecule has 1 aromatic carbocycles. The first-order valence-corrected chi connectivity index (χ1v) is 2.85. The van der Waals surface area contributed by atoms with Crippen molar-refractivity contribution in [2.75, 3.05) is 0 Å². The van der Waals surface area contributed by atoms with Gasteiger partial charge in [0.15, 0.2) is 5.58 Å². The highest BCUT2D eigenvalue weighted by Gasteiger charge is 1.98. The van der Waals surface area contributed by atoms with Crippen LogP contribution < -0.4 is 5.56 Å². The quantitative estimate of drug-likeness (QED) is 0.582. The lowest BCUT2D eigenvalue weighted by atomic mass is 10.3. The van der Waals surface area contributed by atoms with Gasteiger partial charge in [-0.1, -0.05) is 6.07 Å². The molecular weight excluding hydrogens is 130 g/mol. The molecule has 49 valence electrons. The van der Waals surface area contributed by atoms with E-state index >= 15 is 0 Å². The monoisotopic (exact) mass is 134 g/mol. The van der Waals surface area contributed by atoms with Crippen molar-refractivity contribution < 1.29 is 4.52 Å². The second-order valence-electron chi connectivity index (χ2n) is 1.96. The first-order chi connectivity index (χ1) is 4.88. The molecule has 0 aliphatic rings. The van der Waals surface area contributed by atoms with Gasteiger partial charge in [0.2, 0.25) is 0 Å². The summed E-state index contributed by atoms with van der Waals surface area (Å²) < 4.78 is 4.78. The predicted molar refractivity (Wildman–Crippen MR) is 35.7 cm³/mol. The molecule has 0 spiro atoms. The van der Waals surface area contributed by atoms with Crippen LogP contribution in [0.3, 0.4) is 0 Å². The van der Waals surface area contributed by atoms with Crippen LogP contribution in [0.1, 0.15) is 0 Å². The summed E-state index contributed by atoms with van der Waals surface area (Å²) in [6.45, 7) is 0. The lowest BCUT2D eigenvalue weighted by molar-refractivity contribution is 0.449. The summed E-state index contributed by atoms with van der Waals surface area (Å²) in [7, 11) is 0. The van der Waals surface area contributed by atoms with Crippen molar-refractivity contribution in [2.24, 2.45) is 0 Å². The van der Waals surface area contributed by atoms with Gasteiger partial charge in [-0.25, -0.2) is 0 Å². The molecule has 2 aromatic rings. The van der Waals surface area contributed by atoms with Gasteiger partial charge in [-0.3, -0.25) is 4.79 Å². The second kappa shape index (κ2) is 1.73. The Bertz CT molecular complexity index is 399. The van der Waals surface area contributed by atoms with Gasteiger partial charge in [-0.15, -0.1) is 0 Å². The van der Waals surface area contributed by atoms with Gasteiger partial charge >= 0.3 is 0 Å². The van der Waals surface area contributed by atoms with Gasteiger partial charge < -0.3 is 4.52 Å². The number of aromatic nitrogens is 1. The molecule has 0 aliphatic carbocycles. The van der Waals surface area contributed by atoms with Crippen LogP contribution in [0.15, 0.2) is 27.5 Å². The average molecular weight is 134 g/mol. The van der Waals surface area contributed by atoms with E-state index in [2.05, 4.69) is 11.2 Å². The minimum absolute atomic E-state index is 0.191. The molecule has 0 bridgehead atoms. The molecule has 0 fully saturated rings. The summed E-state index contributed by atoms with van der Waals surface area (Å²) in [6.07, 6.45) is 0. The third-order valence-corrected chi connectivity index (χ3v) is 1.32. The van der Waals surface area contributed by atoms with Crippen LogP contribution in [-0.2, 0) is 0 Å². The summed E-state index contributed by atoms with van der Waals surface area (Å²) in [5.41, 5.74) is 0.358. The number of rotatable bonds is 0. The summed E-state index contributed by atoms with van der Waals surface area (Å²) in [6, 6.07) is 7.75. The Kier molecular flexibility index (Phi) is 0.917. The number of aromatic amines is 1. The van der Waals surface area contributed by atoms with Gasteiger partial charge in [-0.2, -0.15) is 5.16 Å². The van der Waals surface area contributed by atoms with E-state index in [0.29, 0.717) is 11.0 Å². The van der Waals surface area contributed by atoms with Crippen molar-refractivity contribution in [3.05, 3.63) is 34.6 Å². The van der Waals surface area contributed by atoms with E-state index in [-0.39, 0.29) is 5.56 Å². The molecule has 0 aliphatic heterocycles. The molecule has 10 heavy (non-hydrogen) atoms. The maximum atomic E-state index is 10.8. The Hall–Kier alpha value is -1.51. The van der Waals surface area contributed by atoms with Crippen molar-refractivity contribution in [2.45, 2.75) is 0 Å². The maximum absolute atomic E-state index is 10.8. The molecule has 1 radical (unpaired) electrons. The van der Waals surface area contributed by atoms with Gasteiger partial charge in [0.05, 0.1) is 5.39 Å². The first kappa shape index (κ1) is 5.29. The Morgan fingerprint density at radius 2 is 2.50 bits per heavy atom. The molecule has 0 amide bonds. The summed E-state index contributed by atoms with van der Waals surface area (Å²) in [4.78, 5) is 10.8. The van der Waals surface area contributed by atoms with E-state index in [1.165, 1.54) is 0 Å². The molecule has 1 aromatic heterocycles. The molecule has 0 saturated heterocycles. The van der Waals surface area contributed by atoms with E-state index < -0.39 is 0 Å². The minimum atomic E-state index is -0.191. The Balaban J connectivity index is 3.07. The molecular formula is C7H4NO2. The molecule has 1 heterocycles. The SMILES string of the molecule is O=c1[nH]oc2c[c]ccc12. The van der Waals surface area contributed by atoms with Gasteiger partial charge in [0.25, 0.3) is 5.56 Å². The van der Waals surface area contributed by atoms with E-state index in [4.69, 9.17) is 4.52 Å². The van der Waals surface area contributed by atoms with Crippen LogP contribution in [0.4, 0.5) is 0 Å². The van der Waals surface area contributed by atoms with E-state index in [9.17, 15) is 4.79 Å². The molecule has 2 rings (SSSR count). The van der Waals surface area contributed by atoms with Crippen molar-refractivity contribution >= 4 is 11.0 Å². The van der Waals surface area contributed by atoms with Crippen molar-refractivity contribution in [3.63, 3.8) is 0 Å². The second-order valence-corrected chi connectivity index (χ2v) is 1.96. The van der Waals surface area contributed by atoms with Crippen molar-refractivity contribution in [1.29, 1.82) is 0 Å². The third kappa shape index (κ3) is 0.572. The predicted octanol–water partition coefficient (Wildman–Crippen LogP) is 0.921. The maximum Gasteiger partial charge on any atom is 0.287 e. The third-order valence-electron chi connectivity index (χ3n) is 1.32. The van der Waals surface area contributed by atoms with Crippen molar-refractivity contribution in [3.8, 4) is 0 Å². The van der Waals surface area contributed by atoms with Crippen LogP contribution in [0.5, 0.6) is 0 Å². The van der Waals surface area contributed by atoms with E-state index in [1.807, 2.05) is 0 Å². The van der Waals surface area contributed by atoms with Crippen LogP contribution in [0.2, 0.25) is 0 Å². The fraction of sp³-hybridized carbons (Fsp3) is 0. The highest BCUT2D eigenvalue weighted by molar-refractivity contribution is 5.74. The van der Waals surface area contributed by atoms with Crippen LogP contribution in [0, 0.1) is 6.07 Å². The summed E-state index contributed by atoms with van der Waals surface area (Å²) >= 11 is 0. The molecule has 1 N–H and O–H groups in total. The number of hydrogen-bond donors (Lipinski definition) is 1. The highest BCUT2D eigenvalue weighted by atomic mass is 16.5. The summed E-state index contributed by atoms with van der Waals surface area (Å²) in [5, 5.41) is 2.79. The fourth-order valence-electron chi connectivity index (χ4n) is 0.843. The smallest absolute Gasteiger partial charge is 0.287 e. The van der Waals surface area contributed by atoms with Crippen LogP contribution >= 0.6 is 0 Å². The number of benzene rings is 1. The van der Waals surface area contributed by atoms with Crippen LogP contribution in [0.25, 0.3) is 11.0 Å². The van der Waals surface area contributed by atoms with Gasteiger partial charge in [0, 0.05) is 0 Å². The van der Waals surface area contributed by atoms with Crippen molar-refractivity contribution in [1.82, 2.24) is 5.16 Å². The lowest BCUT2D eigenvalue weighted by Gasteiger charge is -1.77. The first-order valence-electron chi connectivity index (χ1n) is 2.85. The van der Waals surface area contributed by atoms with E-state index in [1.54, 1.807) is 18.2 Å². The Morgan fingerprint density at radius 3 is 3.30 bits per heavy atom. The van der Waals surface area contributed by atoms with Crippen LogP contribution in [-0.4, -0.2) is 5.16 Å². The number of hydrogen-bond acceptors (Lipinski definition) is 2. The average Bonchev–Trinajstić information content (AvgIpc) is 2.34.